The maximum absolute atomic E-state index is 14.1. The monoisotopic (exact) mass is 498 g/mol. The SMILES string of the molecule is Cc1c(C)[n+]([O-])c(C(c2ccc(F)c(Cl)c2)C2C(=O)N(C)C(=O)N(C)C2=O)n1Cc1ccccc1. The highest BCUT2D eigenvalue weighted by atomic mass is 35.5. The van der Waals surface area contributed by atoms with Gasteiger partial charge in [0.05, 0.1) is 5.02 Å². The first kappa shape index (κ1) is 24.4. The number of urea groups is 1. The van der Waals surface area contributed by atoms with Crippen molar-refractivity contribution in [2.75, 3.05) is 14.1 Å². The average Bonchev–Trinajstić information content (AvgIpc) is 3.05. The molecule has 0 spiro atoms. The molecule has 2 heterocycles. The first-order valence-corrected chi connectivity index (χ1v) is 11.3. The minimum Gasteiger partial charge on any atom is -0.711 e. The highest BCUT2D eigenvalue weighted by Gasteiger charge is 2.51. The highest BCUT2D eigenvalue weighted by Crippen LogP contribution is 2.37. The van der Waals surface area contributed by atoms with Crippen molar-refractivity contribution in [1.29, 1.82) is 0 Å². The topological polar surface area (TPSA) is 89.6 Å². The maximum Gasteiger partial charge on any atom is 0.332 e. The van der Waals surface area contributed by atoms with Gasteiger partial charge >= 0.3 is 6.03 Å². The highest BCUT2D eigenvalue weighted by molar-refractivity contribution is 6.30. The number of imide groups is 2. The lowest BCUT2D eigenvalue weighted by molar-refractivity contribution is -0.621. The Hall–Kier alpha value is -3.72. The summed E-state index contributed by atoms with van der Waals surface area (Å²) >= 11 is 6.07. The van der Waals surface area contributed by atoms with Crippen LogP contribution in [0.2, 0.25) is 5.02 Å². The predicted octanol–water partition coefficient (Wildman–Crippen LogP) is 3.38. The van der Waals surface area contributed by atoms with Gasteiger partial charge in [-0.15, -0.1) is 0 Å². The van der Waals surface area contributed by atoms with Gasteiger partial charge in [-0.05, 0) is 23.3 Å². The molecule has 0 radical (unpaired) electrons. The number of rotatable bonds is 5. The number of halogens is 2. The fourth-order valence-corrected chi connectivity index (χ4v) is 4.66. The molecule has 0 saturated carbocycles. The molecule has 1 saturated heterocycles. The molecule has 1 unspecified atom stereocenters. The van der Waals surface area contributed by atoms with Gasteiger partial charge in [-0.1, -0.05) is 48.0 Å². The molecule has 35 heavy (non-hydrogen) atoms. The number of aromatic nitrogens is 2. The van der Waals surface area contributed by atoms with E-state index in [2.05, 4.69) is 0 Å². The van der Waals surface area contributed by atoms with E-state index in [1.54, 1.807) is 18.4 Å². The molecule has 8 nitrogen and oxygen atoms in total. The zero-order valence-corrected chi connectivity index (χ0v) is 20.4. The number of carbonyl (C=O) groups is 3. The van der Waals surface area contributed by atoms with E-state index in [4.69, 9.17) is 11.6 Å². The molecule has 1 fully saturated rings. The Morgan fingerprint density at radius 1 is 1.03 bits per heavy atom. The number of hydrogen-bond donors (Lipinski definition) is 0. The molecule has 1 aliphatic rings. The molecule has 0 bridgehead atoms. The summed E-state index contributed by atoms with van der Waals surface area (Å²) in [4.78, 5) is 40.8. The van der Waals surface area contributed by atoms with Gasteiger partial charge in [-0.25, -0.2) is 18.5 Å². The second-order valence-electron chi connectivity index (χ2n) is 8.60. The van der Waals surface area contributed by atoms with Crippen LogP contribution in [-0.2, 0) is 16.1 Å². The summed E-state index contributed by atoms with van der Waals surface area (Å²) in [5.74, 6) is -4.65. The fourth-order valence-electron chi connectivity index (χ4n) is 4.47. The van der Waals surface area contributed by atoms with Crippen LogP contribution < -0.4 is 4.73 Å². The lowest BCUT2D eigenvalue weighted by atomic mass is 9.82. The predicted molar refractivity (Wildman–Crippen MR) is 126 cm³/mol. The van der Waals surface area contributed by atoms with Crippen molar-refractivity contribution in [3.63, 3.8) is 0 Å². The van der Waals surface area contributed by atoms with Crippen molar-refractivity contribution in [3.8, 4) is 0 Å². The average molecular weight is 499 g/mol. The van der Waals surface area contributed by atoms with Crippen molar-refractivity contribution >= 4 is 29.4 Å². The summed E-state index contributed by atoms with van der Waals surface area (Å²) in [6.45, 7) is 3.72. The summed E-state index contributed by atoms with van der Waals surface area (Å²) in [6, 6.07) is 12.5. The molecule has 1 aromatic heterocycles. The number of benzene rings is 2. The van der Waals surface area contributed by atoms with E-state index < -0.39 is 35.5 Å². The van der Waals surface area contributed by atoms with Crippen LogP contribution in [0.5, 0.6) is 0 Å². The van der Waals surface area contributed by atoms with Crippen LogP contribution in [0.15, 0.2) is 48.5 Å². The van der Waals surface area contributed by atoms with Gasteiger partial charge in [-0.2, -0.15) is 0 Å². The van der Waals surface area contributed by atoms with Crippen molar-refractivity contribution in [1.82, 2.24) is 14.4 Å². The summed E-state index contributed by atoms with van der Waals surface area (Å²) < 4.78 is 16.5. The van der Waals surface area contributed by atoms with E-state index in [9.17, 15) is 24.0 Å². The molecule has 10 heteroatoms. The van der Waals surface area contributed by atoms with Crippen molar-refractivity contribution in [3.05, 3.63) is 92.9 Å². The second kappa shape index (κ2) is 9.14. The van der Waals surface area contributed by atoms with E-state index in [0.29, 0.717) is 28.2 Å². The Bertz CT molecular complexity index is 1320. The first-order valence-electron chi connectivity index (χ1n) is 10.9. The third kappa shape index (κ3) is 4.05. The van der Waals surface area contributed by atoms with Crippen LogP contribution >= 0.6 is 11.6 Å². The molecular formula is C25H24ClFN4O4. The molecule has 0 aliphatic carbocycles. The zero-order valence-electron chi connectivity index (χ0n) is 19.7. The number of carbonyl (C=O) groups excluding carboxylic acids is 3. The Balaban J connectivity index is 1.99. The zero-order chi connectivity index (χ0) is 25.6. The number of barbiturate groups is 1. The lowest BCUT2D eigenvalue weighted by Gasteiger charge is -2.36. The van der Waals surface area contributed by atoms with Gasteiger partial charge in [0, 0.05) is 27.9 Å². The molecular weight excluding hydrogens is 475 g/mol. The Morgan fingerprint density at radius 2 is 1.63 bits per heavy atom. The van der Waals surface area contributed by atoms with Gasteiger partial charge in [0.25, 0.3) is 5.82 Å². The molecule has 1 aliphatic heterocycles. The van der Waals surface area contributed by atoms with Crippen molar-refractivity contribution in [2.45, 2.75) is 26.3 Å². The third-order valence-corrected chi connectivity index (χ3v) is 6.87. The largest absolute Gasteiger partial charge is 0.711 e. The molecule has 1 atom stereocenters. The van der Waals surface area contributed by atoms with Crippen LogP contribution in [0, 0.1) is 30.8 Å². The molecule has 4 rings (SSSR count). The fraction of sp³-hybridized carbons (Fsp3) is 0.280. The van der Waals surface area contributed by atoms with E-state index >= 15 is 0 Å². The van der Waals surface area contributed by atoms with Gasteiger partial charge in [0.2, 0.25) is 11.8 Å². The Kier molecular flexibility index (Phi) is 6.38. The molecule has 2 aromatic carbocycles. The van der Waals surface area contributed by atoms with Crippen molar-refractivity contribution in [2.24, 2.45) is 5.92 Å². The van der Waals surface area contributed by atoms with Gasteiger partial charge < -0.3 is 5.21 Å². The van der Waals surface area contributed by atoms with E-state index in [0.717, 1.165) is 21.4 Å². The molecule has 3 aromatic rings. The van der Waals surface area contributed by atoms with Crippen LogP contribution in [0.3, 0.4) is 0 Å². The van der Waals surface area contributed by atoms with Crippen LogP contribution in [0.1, 0.15) is 34.3 Å². The van der Waals surface area contributed by atoms with Gasteiger partial charge in [0.1, 0.15) is 35.6 Å². The summed E-state index contributed by atoms with van der Waals surface area (Å²) in [7, 11) is 2.56. The van der Waals surface area contributed by atoms with Crippen LogP contribution in [-0.4, -0.2) is 46.3 Å². The lowest BCUT2D eigenvalue weighted by Crippen LogP contribution is -2.59. The van der Waals surface area contributed by atoms with E-state index in [-0.39, 0.29) is 10.8 Å². The van der Waals surface area contributed by atoms with Gasteiger partial charge in [0.15, 0.2) is 0 Å². The molecule has 0 N–H and O–H groups in total. The minimum atomic E-state index is -1.44. The third-order valence-electron chi connectivity index (χ3n) is 6.58. The number of hydrogen-bond acceptors (Lipinski definition) is 4. The summed E-state index contributed by atoms with van der Waals surface area (Å²) in [5, 5.41) is 13.3. The molecule has 182 valence electrons. The number of amides is 4. The van der Waals surface area contributed by atoms with E-state index in [1.165, 1.54) is 26.2 Å². The maximum atomic E-state index is 14.1. The van der Waals surface area contributed by atoms with E-state index in [1.807, 2.05) is 30.3 Å². The first-order chi connectivity index (χ1) is 16.5. The Labute approximate surface area is 206 Å². The van der Waals surface area contributed by atoms with Crippen LogP contribution in [0.25, 0.3) is 0 Å². The Morgan fingerprint density at radius 3 is 2.20 bits per heavy atom. The quantitative estimate of drug-likeness (QED) is 0.306. The number of nitrogens with zero attached hydrogens (tertiary/aromatic N) is 4. The molecule has 4 amide bonds. The smallest absolute Gasteiger partial charge is 0.332 e. The minimum absolute atomic E-state index is 0.120. The normalized spacial score (nSPS) is 15.8. The van der Waals surface area contributed by atoms with Gasteiger partial charge in [-0.3, -0.25) is 19.4 Å². The van der Waals surface area contributed by atoms with Crippen molar-refractivity contribution < 1.29 is 23.5 Å². The summed E-state index contributed by atoms with van der Waals surface area (Å²) in [5.41, 5.74) is 2.23. The second-order valence-corrected chi connectivity index (χ2v) is 9.01. The number of imidazole rings is 1. The standard InChI is InChI=1S/C25H24ClFN4O4/c1-14-15(2)31(35)22(30(14)13-16-8-6-5-7-9-16)20(17-10-11-19(27)18(26)12-17)21-23(32)28(3)25(34)29(4)24(21)33/h5-12,20-21H,13H2,1-4H3. The summed E-state index contributed by atoms with van der Waals surface area (Å²) in [6.07, 6.45) is 0. The van der Waals surface area contributed by atoms with Crippen LogP contribution in [0.4, 0.5) is 9.18 Å².